The molecule has 2 aliphatic heterocycles. The van der Waals surface area contributed by atoms with Crippen LogP contribution in [0, 0.1) is 11.8 Å². The fourth-order valence-corrected chi connectivity index (χ4v) is 2.62. The third kappa shape index (κ3) is 1.98. The first-order valence-electron chi connectivity index (χ1n) is 6.31. The maximum absolute atomic E-state index is 11.9. The second-order valence-electron chi connectivity index (χ2n) is 4.76. The third-order valence-corrected chi connectivity index (χ3v) is 3.62. The zero-order chi connectivity index (χ0) is 11.5. The highest BCUT2D eigenvalue weighted by molar-refractivity contribution is 6.05. The van der Waals surface area contributed by atoms with Crippen LogP contribution in [0.2, 0.25) is 0 Å². The predicted octanol–water partition coefficient (Wildman–Crippen LogP) is 0.771. The average molecular weight is 224 g/mol. The molecular weight excluding hydrogens is 204 g/mol. The van der Waals surface area contributed by atoms with Crippen LogP contribution in [0.15, 0.2) is 0 Å². The fourth-order valence-electron chi connectivity index (χ4n) is 2.62. The molecule has 2 fully saturated rings. The molecule has 4 heteroatoms. The molecule has 2 aliphatic rings. The molecule has 0 aromatic rings. The van der Waals surface area contributed by atoms with Crippen LogP contribution in [0.4, 0.5) is 0 Å². The van der Waals surface area contributed by atoms with E-state index in [2.05, 4.69) is 12.2 Å². The summed E-state index contributed by atoms with van der Waals surface area (Å²) < 4.78 is 0. The van der Waals surface area contributed by atoms with Crippen LogP contribution in [-0.4, -0.2) is 36.3 Å². The minimum atomic E-state index is -0.0707. The van der Waals surface area contributed by atoms with E-state index in [9.17, 15) is 9.59 Å². The second kappa shape index (κ2) is 4.95. The molecule has 1 N–H and O–H groups in total. The van der Waals surface area contributed by atoms with E-state index < -0.39 is 0 Å². The van der Waals surface area contributed by atoms with Crippen molar-refractivity contribution in [1.82, 2.24) is 10.2 Å². The maximum Gasteiger partial charge on any atom is 0.234 e. The van der Waals surface area contributed by atoms with E-state index in [0.717, 1.165) is 12.8 Å². The summed E-state index contributed by atoms with van der Waals surface area (Å²) in [4.78, 5) is 25.3. The molecular formula is C12H20N2O2. The maximum atomic E-state index is 11.9. The van der Waals surface area contributed by atoms with Gasteiger partial charge in [-0.1, -0.05) is 26.2 Å². The minimum absolute atomic E-state index is 0.0523. The van der Waals surface area contributed by atoms with E-state index >= 15 is 0 Å². The number of rotatable bonds is 5. The molecule has 0 aromatic carbocycles. The zero-order valence-corrected chi connectivity index (χ0v) is 9.87. The van der Waals surface area contributed by atoms with E-state index in [0.29, 0.717) is 19.6 Å². The smallest absolute Gasteiger partial charge is 0.234 e. The van der Waals surface area contributed by atoms with E-state index in [1.165, 1.54) is 17.7 Å². The van der Waals surface area contributed by atoms with E-state index in [-0.39, 0.29) is 23.7 Å². The van der Waals surface area contributed by atoms with E-state index in [1.54, 1.807) is 0 Å². The lowest BCUT2D eigenvalue weighted by molar-refractivity contribution is -0.140. The van der Waals surface area contributed by atoms with Gasteiger partial charge < -0.3 is 5.32 Å². The Morgan fingerprint density at radius 3 is 2.31 bits per heavy atom. The van der Waals surface area contributed by atoms with Crippen molar-refractivity contribution in [2.24, 2.45) is 11.8 Å². The zero-order valence-electron chi connectivity index (χ0n) is 9.87. The summed E-state index contributed by atoms with van der Waals surface area (Å²) >= 11 is 0. The van der Waals surface area contributed by atoms with Crippen molar-refractivity contribution in [3.8, 4) is 0 Å². The summed E-state index contributed by atoms with van der Waals surface area (Å²) in [5.41, 5.74) is 0. The van der Waals surface area contributed by atoms with Crippen molar-refractivity contribution in [3.63, 3.8) is 0 Å². The summed E-state index contributed by atoms with van der Waals surface area (Å²) in [5, 5.41) is 3.11. The molecule has 2 heterocycles. The van der Waals surface area contributed by atoms with Gasteiger partial charge in [-0.25, -0.2) is 0 Å². The Hall–Kier alpha value is -0.900. The summed E-state index contributed by atoms with van der Waals surface area (Å²) in [6, 6.07) is 0. The Morgan fingerprint density at radius 1 is 1.12 bits per heavy atom. The predicted molar refractivity (Wildman–Crippen MR) is 60.7 cm³/mol. The van der Waals surface area contributed by atoms with Crippen molar-refractivity contribution in [2.45, 2.75) is 32.6 Å². The molecule has 0 bridgehead atoms. The largest absolute Gasteiger partial charge is 0.315 e. The Morgan fingerprint density at radius 2 is 1.75 bits per heavy atom. The van der Waals surface area contributed by atoms with E-state index in [4.69, 9.17) is 0 Å². The molecule has 2 saturated heterocycles. The highest BCUT2D eigenvalue weighted by Gasteiger charge is 2.49. The van der Waals surface area contributed by atoms with Crippen molar-refractivity contribution >= 4 is 11.8 Å². The monoisotopic (exact) mass is 224 g/mol. The highest BCUT2D eigenvalue weighted by Crippen LogP contribution is 2.29. The van der Waals surface area contributed by atoms with Gasteiger partial charge in [-0.05, 0) is 6.42 Å². The van der Waals surface area contributed by atoms with Crippen LogP contribution in [0.25, 0.3) is 0 Å². The summed E-state index contributed by atoms with van der Waals surface area (Å²) in [6.45, 7) is 4.15. The number of carbonyl (C=O) groups is 2. The first kappa shape index (κ1) is 11.6. The molecule has 2 atom stereocenters. The highest BCUT2D eigenvalue weighted by atomic mass is 16.2. The normalized spacial score (nSPS) is 28.9. The number of hydrogen-bond acceptors (Lipinski definition) is 3. The van der Waals surface area contributed by atoms with Gasteiger partial charge in [0.1, 0.15) is 0 Å². The molecule has 2 amide bonds. The van der Waals surface area contributed by atoms with Crippen LogP contribution in [0.1, 0.15) is 32.6 Å². The lowest BCUT2D eigenvalue weighted by Gasteiger charge is -2.15. The number of nitrogens with zero attached hydrogens (tertiary/aromatic N) is 1. The summed E-state index contributed by atoms with van der Waals surface area (Å²) in [5.74, 6) is -0.0367. The number of unbranched alkanes of at least 4 members (excludes halogenated alkanes) is 3. The number of imide groups is 1. The number of fused-ring (bicyclic) bond motifs is 1. The van der Waals surface area contributed by atoms with Crippen LogP contribution in [0.3, 0.4) is 0 Å². The van der Waals surface area contributed by atoms with Crippen LogP contribution >= 0.6 is 0 Å². The molecule has 4 nitrogen and oxygen atoms in total. The first-order valence-corrected chi connectivity index (χ1v) is 6.31. The molecule has 16 heavy (non-hydrogen) atoms. The molecule has 2 rings (SSSR count). The van der Waals surface area contributed by atoms with Gasteiger partial charge in [0, 0.05) is 19.6 Å². The lowest BCUT2D eigenvalue weighted by atomic mass is 10.00. The van der Waals surface area contributed by atoms with Crippen molar-refractivity contribution in [3.05, 3.63) is 0 Å². The lowest BCUT2D eigenvalue weighted by Crippen LogP contribution is -2.35. The molecule has 0 spiro atoms. The van der Waals surface area contributed by atoms with E-state index in [1.807, 2.05) is 0 Å². The Kier molecular flexibility index (Phi) is 3.59. The second-order valence-corrected chi connectivity index (χ2v) is 4.76. The third-order valence-electron chi connectivity index (χ3n) is 3.62. The van der Waals surface area contributed by atoms with Gasteiger partial charge in [0.15, 0.2) is 0 Å². The van der Waals surface area contributed by atoms with Gasteiger partial charge in [0.25, 0.3) is 0 Å². The van der Waals surface area contributed by atoms with Crippen molar-refractivity contribution < 1.29 is 9.59 Å². The molecule has 0 aliphatic carbocycles. The van der Waals surface area contributed by atoms with Gasteiger partial charge in [-0.2, -0.15) is 0 Å². The molecule has 90 valence electrons. The van der Waals surface area contributed by atoms with Gasteiger partial charge >= 0.3 is 0 Å². The number of carbonyl (C=O) groups excluding carboxylic acids is 2. The SMILES string of the molecule is CCCCCCN1C(=O)[C@H]2CNC[C@H]2C1=O. The standard InChI is InChI=1S/C12H20N2O2/c1-2-3-4-5-6-14-11(15)9-7-13-8-10(9)12(14)16/h9-10,13H,2-8H2,1H3/t9-,10+. The van der Waals surface area contributed by atoms with Crippen LogP contribution in [-0.2, 0) is 9.59 Å². The van der Waals surface area contributed by atoms with Gasteiger partial charge in [0.2, 0.25) is 11.8 Å². The number of nitrogens with one attached hydrogen (secondary N) is 1. The Labute approximate surface area is 96.4 Å². The average Bonchev–Trinajstić information content (AvgIpc) is 2.83. The Bertz CT molecular complexity index is 269. The number of amides is 2. The first-order chi connectivity index (χ1) is 7.75. The van der Waals surface area contributed by atoms with Gasteiger partial charge in [-0.15, -0.1) is 0 Å². The molecule has 0 aromatic heterocycles. The molecule has 0 saturated carbocycles. The van der Waals surface area contributed by atoms with Gasteiger partial charge in [0.05, 0.1) is 11.8 Å². The molecule has 0 unspecified atom stereocenters. The molecule has 0 radical (unpaired) electrons. The Balaban J connectivity index is 1.86. The summed E-state index contributed by atoms with van der Waals surface area (Å²) in [7, 11) is 0. The summed E-state index contributed by atoms with van der Waals surface area (Å²) in [6.07, 6.45) is 4.43. The van der Waals surface area contributed by atoms with Crippen molar-refractivity contribution in [1.29, 1.82) is 0 Å². The number of likely N-dealkylation sites (tertiary alicyclic amines) is 1. The quantitative estimate of drug-likeness (QED) is 0.554. The topological polar surface area (TPSA) is 49.4 Å². The minimum Gasteiger partial charge on any atom is -0.315 e. The fraction of sp³-hybridized carbons (Fsp3) is 0.833. The van der Waals surface area contributed by atoms with Crippen molar-refractivity contribution in [2.75, 3.05) is 19.6 Å². The van der Waals surface area contributed by atoms with Crippen LogP contribution < -0.4 is 5.32 Å². The van der Waals surface area contributed by atoms with Gasteiger partial charge in [-0.3, -0.25) is 14.5 Å². The van der Waals surface area contributed by atoms with Crippen LogP contribution in [0.5, 0.6) is 0 Å². The number of hydrogen-bond donors (Lipinski definition) is 1.